The van der Waals surface area contributed by atoms with Gasteiger partial charge in [-0.25, -0.2) is 0 Å². The molecule has 0 aromatic heterocycles. The molecule has 4 N–H and O–H groups in total. The fourth-order valence-electron chi connectivity index (χ4n) is 2.32. The van der Waals surface area contributed by atoms with E-state index >= 15 is 0 Å². The molecule has 1 aliphatic carbocycles. The first-order valence-corrected chi connectivity index (χ1v) is 6.87. The Labute approximate surface area is 108 Å². The molecule has 1 saturated carbocycles. The van der Waals surface area contributed by atoms with Gasteiger partial charge < -0.3 is 16.2 Å². The molecule has 0 heterocycles. The summed E-state index contributed by atoms with van der Waals surface area (Å²) in [5.74, 6) is -1.12. The van der Waals surface area contributed by atoms with E-state index in [1.165, 1.54) is 19.3 Å². The standard InChI is InChI=1S/C13H24N2O3/c14-11(8-9-12(16)17)13(18)15-10-6-4-2-1-3-5-7-10/h10-11H,1-9,14H2,(H,15,18)(H,16,17). The molecule has 0 saturated heterocycles. The lowest BCUT2D eigenvalue weighted by Gasteiger charge is -2.22. The molecule has 5 heteroatoms. The van der Waals surface area contributed by atoms with Gasteiger partial charge in [0.05, 0.1) is 6.04 Å². The number of carboxylic acid groups (broad SMARTS) is 1. The van der Waals surface area contributed by atoms with Crippen LogP contribution in [0, 0.1) is 0 Å². The molecule has 0 radical (unpaired) electrons. The van der Waals surface area contributed by atoms with Crippen molar-refractivity contribution >= 4 is 11.9 Å². The third-order valence-electron chi connectivity index (χ3n) is 3.46. The first kappa shape index (κ1) is 15.0. The fourth-order valence-corrected chi connectivity index (χ4v) is 2.32. The van der Waals surface area contributed by atoms with Gasteiger partial charge in [0.25, 0.3) is 0 Å². The Balaban J connectivity index is 2.30. The lowest BCUT2D eigenvalue weighted by Crippen LogP contribution is -2.45. The molecule has 1 aliphatic rings. The molecule has 0 aliphatic heterocycles. The van der Waals surface area contributed by atoms with Crippen LogP contribution in [0.25, 0.3) is 0 Å². The van der Waals surface area contributed by atoms with E-state index in [9.17, 15) is 9.59 Å². The monoisotopic (exact) mass is 256 g/mol. The van der Waals surface area contributed by atoms with Gasteiger partial charge in [-0.05, 0) is 19.3 Å². The molecule has 0 spiro atoms. The Hall–Kier alpha value is -1.10. The largest absolute Gasteiger partial charge is 0.481 e. The maximum absolute atomic E-state index is 11.8. The SMILES string of the molecule is NC(CCC(=O)O)C(=O)NC1CCCCCCC1. The summed E-state index contributed by atoms with van der Waals surface area (Å²) in [7, 11) is 0. The van der Waals surface area contributed by atoms with Gasteiger partial charge in [0.15, 0.2) is 0 Å². The van der Waals surface area contributed by atoms with Crippen molar-refractivity contribution in [1.82, 2.24) is 5.32 Å². The van der Waals surface area contributed by atoms with Gasteiger partial charge in [0, 0.05) is 12.5 Å². The summed E-state index contributed by atoms with van der Waals surface area (Å²) in [4.78, 5) is 22.2. The van der Waals surface area contributed by atoms with Crippen molar-refractivity contribution in [2.75, 3.05) is 0 Å². The molecule has 18 heavy (non-hydrogen) atoms. The van der Waals surface area contributed by atoms with Crippen LogP contribution in [-0.4, -0.2) is 29.1 Å². The van der Waals surface area contributed by atoms with Crippen LogP contribution < -0.4 is 11.1 Å². The Kier molecular flexibility index (Phi) is 6.72. The van der Waals surface area contributed by atoms with Crippen LogP contribution in [0.1, 0.15) is 57.8 Å². The Bertz CT molecular complexity index is 273. The number of carbonyl (C=O) groups excluding carboxylic acids is 1. The first-order valence-electron chi connectivity index (χ1n) is 6.87. The highest BCUT2D eigenvalue weighted by Gasteiger charge is 2.19. The molecule has 1 unspecified atom stereocenters. The highest BCUT2D eigenvalue weighted by molar-refractivity contribution is 5.82. The van der Waals surface area contributed by atoms with Crippen molar-refractivity contribution < 1.29 is 14.7 Å². The van der Waals surface area contributed by atoms with Gasteiger partial charge in [-0.15, -0.1) is 0 Å². The summed E-state index contributed by atoms with van der Waals surface area (Å²) >= 11 is 0. The maximum atomic E-state index is 11.8. The minimum absolute atomic E-state index is 0.0563. The number of nitrogens with one attached hydrogen (secondary N) is 1. The van der Waals surface area contributed by atoms with Gasteiger partial charge in [-0.2, -0.15) is 0 Å². The molecule has 1 amide bonds. The third-order valence-corrected chi connectivity index (χ3v) is 3.46. The van der Waals surface area contributed by atoms with Crippen molar-refractivity contribution in [2.24, 2.45) is 5.73 Å². The van der Waals surface area contributed by atoms with Gasteiger partial charge >= 0.3 is 5.97 Å². The normalized spacial score (nSPS) is 19.6. The van der Waals surface area contributed by atoms with Crippen molar-refractivity contribution in [1.29, 1.82) is 0 Å². The van der Waals surface area contributed by atoms with Gasteiger partial charge in [0.1, 0.15) is 0 Å². The van der Waals surface area contributed by atoms with E-state index < -0.39 is 12.0 Å². The Morgan fingerprint density at radius 1 is 1.17 bits per heavy atom. The van der Waals surface area contributed by atoms with E-state index in [0.29, 0.717) is 0 Å². The zero-order valence-electron chi connectivity index (χ0n) is 10.9. The molecule has 104 valence electrons. The second kappa shape index (κ2) is 8.08. The zero-order chi connectivity index (χ0) is 13.4. The van der Waals surface area contributed by atoms with E-state index in [1.54, 1.807) is 0 Å². The zero-order valence-corrected chi connectivity index (χ0v) is 10.9. The molecule has 0 bridgehead atoms. The molecular weight excluding hydrogens is 232 g/mol. The van der Waals surface area contributed by atoms with E-state index in [1.807, 2.05) is 0 Å². The van der Waals surface area contributed by atoms with E-state index in [4.69, 9.17) is 10.8 Å². The lowest BCUT2D eigenvalue weighted by atomic mass is 9.96. The molecule has 1 atom stereocenters. The number of rotatable bonds is 5. The van der Waals surface area contributed by atoms with Crippen LogP contribution >= 0.6 is 0 Å². The molecule has 0 aromatic rings. The fraction of sp³-hybridized carbons (Fsp3) is 0.846. The Morgan fingerprint density at radius 2 is 1.72 bits per heavy atom. The second-order valence-electron chi connectivity index (χ2n) is 5.09. The van der Waals surface area contributed by atoms with E-state index in [0.717, 1.165) is 25.7 Å². The third kappa shape index (κ3) is 6.00. The first-order chi connectivity index (χ1) is 8.59. The number of hydrogen-bond donors (Lipinski definition) is 3. The molecule has 0 aromatic carbocycles. The van der Waals surface area contributed by atoms with Crippen molar-refractivity contribution in [2.45, 2.75) is 69.9 Å². The van der Waals surface area contributed by atoms with E-state index in [-0.39, 0.29) is 24.8 Å². The topological polar surface area (TPSA) is 92.4 Å². The van der Waals surface area contributed by atoms with Crippen LogP contribution in [-0.2, 0) is 9.59 Å². The summed E-state index contributed by atoms with van der Waals surface area (Å²) in [6.07, 6.45) is 8.22. The summed E-state index contributed by atoms with van der Waals surface area (Å²) in [5.41, 5.74) is 5.68. The second-order valence-corrected chi connectivity index (χ2v) is 5.09. The van der Waals surface area contributed by atoms with Gasteiger partial charge in [-0.1, -0.05) is 32.1 Å². The smallest absolute Gasteiger partial charge is 0.303 e. The van der Waals surface area contributed by atoms with Crippen molar-refractivity contribution in [3.63, 3.8) is 0 Å². The lowest BCUT2D eigenvalue weighted by molar-refractivity contribution is -0.137. The number of aliphatic carboxylic acids is 1. The molecule has 1 rings (SSSR count). The number of carbonyl (C=O) groups is 2. The molecule has 1 fully saturated rings. The summed E-state index contributed by atoms with van der Waals surface area (Å²) in [6.45, 7) is 0. The predicted molar refractivity (Wildman–Crippen MR) is 69.1 cm³/mol. The summed E-state index contributed by atoms with van der Waals surface area (Å²) in [6, 6.07) is -0.486. The number of hydrogen-bond acceptors (Lipinski definition) is 3. The van der Waals surface area contributed by atoms with E-state index in [2.05, 4.69) is 5.32 Å². The molecule has 5 nitrogen and oxygen atoms in total. The van der Waals surface area contributed by atoms with Crippen molar-refractivity contribution in [3.05, 3.63) is 0 Å². The predicted octanol–water partition coefficient (Wildman–Crippen LogP) is 1.41. The summed E-state index contributed by atoms with van der Waals surface area (Å²) in [5, 5.41) is 11.5. The van der Waals surface area contributed by atoms with Crippen molar-refractivity contribution in [3.8, 4) is 0 Å². The number of carboxylic acids is 1. The van der Waals surface area contributed by atoms with Crippen LogP contribution in [0.4, 0.5) is 0 Å². The quantitative estimate of drug-likeness (QED) is 0.693. The average Bonchev–Trinajstić information content (AvgIpc) is 2.29. The van der Waals surface area contributed by atoms with Crippen LogP contribution in [0.5, 0.6) is 0 Å². The minimum Gasteiger partial charge on any atom is -0.481 e. The summed E-state index contributed by atoms with van der Waals surface area (Å²) < 4.78 is 0. The van der Waals surface area contributed by atoms with Crippen LogP contribution in [0.15, 0.2) is 0 Å². The van der Waals surface area contributed by atoms with Crippen LogP contribution in [0.2, 0.25) is 0 Å². The Morgan fingerprint density at radius 3 is 2.28 bits per heavy atom. The maximum Gasteiger partial charge on any atom is 0.303 e. The molecular formula is C13H24N2O3. The van der Waals surface area contributed by atoms with Gasteiger partial charge in [-0.3, -0.25) is 9.59 Å². The highest BCUT2D eigenvalue weighted by Crippen LogP contribution is 2.17. The number of nitrogens with two attached hydrogens (primary N) is 1. The average molecular weight is 256 g/mol. The van der Waals surface area contributed by atoms with Gasteiger partial charge in [0.2, 0.25) is 5.91 Å². The minimum atomic E-state index is -0.913. The highest BCUT2D eigenvalue weighted by atomic mass is 16.4. The van der Waals surface area contributed by atoms with Crippen LogP contribution in [0.3, 0.4) is 0 Å². The number of amides is 1.